The van der Waals surface area contributed by atoms with Gasteiger partial charge in [0.1, 0.15) is 17.3 Å². The van der Waals surface area contributed by atoms with E-state index in [-0.39, 0.29) is 12.2 Å². The number of furan rings is 1. The number of allylic oxidation sites excluding steroid dienone is 1. The van der Waals surface area contributed by atoms with E-state index in [1.807, 2.05) is 12.1 Å². The Morgan fingerprint density at radius 1 is 1.16 bits per heavy atom. The van der Waals surface area contributed by atoms with Gasteiger partial charge in [0.2, 0.25) is 0 Å². The Hall–Kier alpha value is -3.59. The Morgan fingerprint density at radius 2 is 1.92 bits per heavy atom. The number of methoxy groups -OCH3 is 1. The summed E-state index contributed by atoms with van der Waals surface area (Å²) in [6.07, 6.45) is 1.65. The van der Waals surface area contributed by atoms with Gasteiger partial charge in [-0.15, -0.1) is 0 Å². The lowest BCUT2D eigenvalue weighted by Crippen LogP contribution is -2.39. The third-order valence-corrected chi connectivity index (χ3v) is 7.59. The Bertz CT molecular complexity index is 1750. The number of thiazole rings is 1. The molecular weight excluding hydrogens is 547 g/mol. The van der Waals surface area contributed by atoms with Crippen molar-refractivity contribution in [1.29, 1.82) is 0 Å². The minimum absolute atomic E-state index is 0.201. The summed E-state index contributed by atoms with van der Waals surface area (Å²) in [5.74, 6) is 1.13. The van der Waals surface area contributed by atoms with Crippen LogP contribution in [0, 0.1) is 0 Å². The van der Waals surface area contributed by atoms with Gasteiger partial charge in [0, 0.05) is 16.7 Å². The minimum Gasteiger partial charge on any atom is -0.497 e. The van der Waals surface area contributed by atoms with Crippen molar-refractivity contribution >= 4 is 46.6 Å². The molecule has 7 nitrogen and oxygen atoms in total. The first-order valence-electron chi connectivity index (χ1n) is 11.7. The van der Waals surface area contributed by atoms with Gasteiger partial charge in [0.05, 0.1) is 40.6 Å². The number of esters is 1. The number of hydrogen-bond donors (Lipinski definition) is 0. The number of hydrogen-bond acceptors (Lipinski definition) is 7. The number of carbonyl (C=O) groups is 1. The molecule has 0 bridgehead atoms. The molecule has 10 heteroatoms. The lowest BCUT2D eigenvalue weighted by atomic mass is 9.96. The molecule has 1 aliphatic heterocycles. The maximum Gasteiger partial charge on any atom is 0.338 e. The Balaban J connectivity index is 1.64. The van der Waals surface area contributed by atoms with E-state index in [0.29, 0.717) is 53.5 Å². The predicted octanol–water partition coefficient (Wildman–Crippen LogP) is 5.37. The monoisotopic (exact) mass is 568 g/mol. The van der Waals surface area contributed by atoms with Crippen molar-refractivity contribution in [3.8, 4) is 17.1 Å². The summed E-state index contributed by atoms with van der Waals surface area (Å²) < 4.78 is 18.5. The molecule has 0 radical (unpaired) electrons. The van der Waals surface area contributed by atoms with Crippen molar-refractivity contribution in [2.45, 2.75) is 19.9 Å². The zero-order chi connectivity index (χ0) is 27.0. The SMILES string of the molecule is CCOC(=O)C1=C(C)N=c2sc(=Cc3ccc(-c4cc(Cl)ccc4Cl)o3)c(=O)n2C1c1ccc(OC)cc1. The van der Waals surface area contributed by atoms with E-state index >= 15 is 0 Å². The first-order valence-corrected chi connectivity index (χ1v) is 13.3. The summed E-state index contributed by atoms with van der Waals surface area (Å²) in [6, 6.07) is 15.1. The van der Waals surface area contributed by atoms with Crippen LogP contribution < -0.4 is 19.6 Å². The van der Waals surface area contributed by atoms with Crippen LogP contribution in [0.3, 0.4) is 0 Å². The zero-order valence-electron chi connectivity index (χ0n) is 20.7. The summed E-state index contributed by atoms with van der Waals surface area (Å²) in [5.41, 5.74) is 1.88. The van der Waals surface area contributed by atoms with Crippen LogP contribution in [0.5, 0.6) is 5.75 Å². The van der Waals surface area contributed by atoms with Crippen LogP contribution in [0.25, 0.3) is 17.4 Å². The fourth-order valence-electron chi connectivity index (χ4n) is 4.28. The zero-order valence-corrected chi connectivity index (χ0v) is 23.0. The average Bonchev–Trinajstić information content (AvgIpc) is 3.49. The summed E-state index contributed by atoms with van der Waals surface area (Å²) >= 11 is 13.7. The highest BCUT2D eigenvalue weighted by Gasteiger charge is 2.33. The molecule has 194 valence electrons. The van der Waals surface area contributed by atoms with E-state index in [0.717, 1.165) is 5.56 Å². The molecule has 0 saturated heterocycles. The van der Waals surface area contributed by atoms with Crippen LogP contribution in [0.2, 0.25) is 10.0 Å². The molecule has 0 spiro atoms. The van der Waals surface area contributed by atoms with Crippen LogP contribution >= 0.6 is 34.5 Å². The van der Waals surface area contributed by atoms with E-state index in [2.05, 4.69) is 4.99 Å². The second-order valence-electron chi connectivity index (χ2n) is 8.40. The first kappa shape index (κ1) is 26.0. The highest BCUT2D eigenvalue weighted by Crippen LogP contribution is 2.33. The Kier molecular flexibility index (Phi) is 7.29. The standard InChI is InChI=1S/C28H22Cl2N2O5S/c1-4-36-27(34)24-15(2)31-28-32(25(24)16-5-8-18(35-3)9-6-16)26(33)23(38-28)14-19-10-12-22(37-19)20-13-17(29)7-11-21(20)30/h5-14,25H,4H2,1-3H3. The fourth-order valence-corrected chi connectivity index (χ4v) is 5.69. The molecule has 1 unspecified atom stereocenters. The normalized spacial score (nSPS) is 15.3. The van der Waals surface area contributed by atoms with Gasteiger partial charge in [-0.2, -0.15) is 0 Å². The van der Waals surface area contributed by atoms with Gasteiger partial charge in [-0.1, -0.05) is 46.7 Å². The summed E-state index contributed by atoms with van der Waals surface area (Å²) in [5, 5.41) is 1.03. The smallest absolute Gasteiger partial charge is 0.338 e. The summed E-state index contributed by atoms with van der Waals surface area (Å²) in [7, 11) is 1.58. The van der Waals surface area contributed by atoms with Crippen LogP contribution in [-0.2, 0) is 9.53 Å². The number of fused-ring (bicyclic) bond motifs is 1. The number of nitrogens with zero attached hydrogens (tertiary/aromatic N) is 2. The van der Waals surface area contributed by atoms with Crippen molar-refractivity contribution in [2.75, 3.05) is 13.7 Å². The molecule has 0 aliphatic carbocycles. The van der Waals surface area contributed by atoms with Crippen molar-refractivity contribution in [3.63, 3.8) is 0 Å². The number of ether oxygens (including phenoxy) is 2. The molecule has 0 saturated carbocycles. The summed E-state index contributed by atoms with van der Waals surface area (Å²) in [6.45, 7) is 3.68. The highest BCUT2D eigenvalue weighted by atomic mass is 35.5. The lowest BCUT2D eigenvalue weighted by molar-refractivity contribution is -0.139. The Labute approximate surface area is 231 Å². The van der Waals surface area contributed by atoms with E-state index in [9.17, 15) is 9.59 Å². The number of aromatic nitrogens is 1. The van der Waals surface area contributed by atoms with E-state index in [1.165, 1.54) is 15.9 Å². The molecule has 5 rings (SSSR count). The molecule has 2 aromatic carbocycles. The number of halogens is 2. The van der Waals surface area contributed by atoms with Gasteiger partial charge in [0.25, 0.3) is 5.56 Å². The van der Waals surface area contributed by atoms with E-state index < -0.39 is 12.0 Å². The quantitative estimate of drug-likeness (QED) is 0.292. The largest absolute Gasteiger partial charge is 0.497 e. The van der Waals surface area contributed by atoms with Gasteiger partial charge >= 0.3 is 5.97 Å². The van der Waals surface area contributed by atoms with Crippen molar-refractivity contribution < 1.29 is 18.7 Å². The molecule has 3 heterocycles. The highest BCUT2D eigenvalue weighted by molar-refractivity contribution is 7.07. The van der Waals surface area contributed by atoms with Gasteiger partial charge in [-0.25, -0.2) is 9.79 Å². The van der Waals surface area contributed by atoms with Crippen LogP contribution in [0.4, 0.5) is 0 Å². The number of carbonyl (C=O) groups excluding carboxylic acids is 1. The summed E-state index contributed by atoms with van der Waals surface area (Å²) in [4.78, 5) is 31.8. The third-order valence-electron chi connectivity index (χ3n) is 6.04. The molecule has 0 amide bonds. The molecule has 1 atom stereocenters. The molecule has 4 aromatic rings. The van der Waals surface area contributed by atoms with Gasteiger partial charge in [0.15, 0.2) is 4.80 Å². The van der Waals surface area contributed by atoms with E-state index in [4.69, 9.17) is 37.1 Å². The second kappa shape index (κ2) is 10.6. The van der Waals surface area contributed by atoms with Crippen molar-refractivity contribution in [2.24, 2.45) is 4.99 Å². The topological polar surface area (TPSA) is 83.0 Å². The molecule has 38 heavy (non-hydrogen) atoms. The van der Waals surface area contributed by atoms with Crippen LogP contribution in [0.1, 0.15) is 31.2 Å². The predicted molar refractivity (Wildman–Crippen MR) is 148 cm³/mol. The third kappa shape index (κ3) is 4.82. The molecular formula is C28H22Cl2N2O5S. The second-order valence-corrected chi connectivity index (χ2v) is 10.3. The van der Waals surface area contributed by atoms with E-state index in [1.54, 1.807) is 69.5 Å². The Morgan fingerprint density at radius 3 is 2.63 bits per heavy atom. The molecule has 1 aliphatic rings. The van der Waals surface area contributed by atoms with Gasteiger partial charge in [-0.3, -0.25) is 9.36 Å². The average molecular weight is 569 g/mol. The van der Waals surface area contributed by atoms with Gasteiger partial charge < -0.3 is 13.9 Å². The maximum atomic E-state index is 13.7. The minimum atomic E-state index is -0.712. The fraction of sp³-hybridized carbons (Fsp3) is 0.179. The molecule has 2 aromatic heterocycles. The maximum absolute atomic E-state index is 13.7. The first-order chi connectivity index (χ1) is 18.3. The number of benzene rings is 2. The van der Waals surface area contributed by atoms with Crippen LogP contribution in [-0.4, -0.2) is 24.3 Å². The van der Waals surface area contributed by atoms with Gasteiger partial charge in [-0.05, 0) is 61.9 Å². The van der Waals surface area contributed by atoms with Crippen molar-refractivity contribution in [1.82, 2.24) is 4.57 Å². The number of rotatable bonds is 6. The molecule has 0 N–H and O–H groups in total. The molecule has 0 fully saturated rings. The van der Waals surface area contributed by atoms with Crippen molar-refractivity contribution in [3.05, 3.63) is 107 Å². The lowest BCUT2D eigenvalue weighted by Gasteiger charge is -2.24. The van der Waals surface area contributed by atoms with Crippen LogP contribution in [0.15, 0.2) is 80.1 Å².